The normalized spacial score (nSPS) is 14.4. The van der Waals surface area contributed by atoms with Crippen LogP contribution in [0.2, 0.25) is 0 Å². The fraction of sp³-hybridized carbons (Fsp3) is 0.583. The third-order valence-electron chi connectivity index (χ3n) is 2.30. The van der Waals surface area contributed by atoms with Crippen LogP contribution in [-0.4, -0.2) is 31.2 Å². The number of hydrogen-bond acceptors (Lipinski definition) is 4. The van der Waals surface area contributed by atoms with Crippen LogP contribution < -0.4 is 4.72 Å². The Balaban J connectivity index is 2.58. The summed E-state index contributed by atoms with van der Waals surface area (Å²) in [5.41, 5.74) is -0.0425. The summed E-state index contributed by atoms with van der Waals surface area (Å²) in [7, 11) is -3.58. The second kappa shape index (κ2) is 5.77. The summed E-state index contributed by atoms with van der Waals surface area (Å²) in [5.74, 6) is 0. The number of aromatic nitrogens is 1. The summed E-state index contributed by atoms with van der Waals surface area (Å²) in [5, 5.41) is 9.75. The average Bonchev–Trinajstić information content (AvgIpc) is 2.26. The molecule has 0 amide bonds. The van der Waals surface area contributed by atoms with E-state index in [1.165, 1.54) is 18.5 Å². The van der Waals surface area contributed by atoms with Crippen LogP contribution in [0.25, 0.3) is 0 Å². The molecule has 1 aromatic heterocycles. The van der Waals surface area contributed by atoms with Crippen molar-refractivity contribution in [3.8, 4) is 0 Å². The third kappa shape index (κ3) is 5.12. The molecule has 0 bridgehead atoms. The summed E-state index contributed by atoms with van der Waals surface area (Å²) in [4.78, 5) is 3.86. The molecule has 0 aliphatic rings. The zero-order valence-electron chi connectivity index (χ0n) is 10.9. The lowest BCUT2D eigenvalue weighted by Crippen LogP contribution is -2.34. The largest absolute Gasteiger partial charge is 0.392 e. The maximum atomic E-state index is 11.8. The summed E-state index contributed by atoms with van der Waals surface area (Å²) < 4.78 is 26.1. The fourth-order valence-electron chi connectivity index (χ4n) is 1.57. The Labute approximate surface area is 108 Å². The van der Waals surface area contributed by atoms with Crippen molar-refractivity contribution < 1.29 is 13.5 Å². The highest BCUT2D eigenvalue weighted by atomic mass is 32.2. The molecule has 0 saturated carbocycles. The van der Waals surface area contributed by atoms with Crippen LogP contribution in [0.15, 0.2) is 29.4 Å². The van der Waals surface area contributed by atoms with Crippen LogP contribution in [0.1, 0.15) is 27.2 Å². The lowest BCUT2D eigenvalue weighted by atomic mass is 9.89. The molecule has 0 fully saturated rings. The zero-order chi connectivity index (χ0) is 13.8. The second-order valence-electron chi connectivity index (χ2n) is 5.46. The molecule has 6 heteroatoms. The number of nitrogens with one attached hydrogen (secondary N) is 1. The minimum atomic E-state index is -3.58. The van der Waals surface area contributed by atoms with Crippen molar-refractivity contribution in [1.29, 1.82) is 0 Å². The maximum Gasteiger partial charge on any atom is 0.242 e. The van der Waals surface area contributed by atoms with Gasteiger partial charge >= 0.3 is 0 Å². The number of rotatable bonds is 5. The van der Waals surface area contributed by atoms with E-state index in [1.54, 1.807) is 6.07 Å². The van der Waals surface area contributed by atoms with Gasteiger partial charge in [-0.2, -0.15) is 0 Å². The fourth-order valence-corrected chi connectivity index (χ4v) is 2.61. The van der Waals surface area contributed by atoms with Crippen LogP contribution in [0.5, 0.6) is 0 Å². The summed E-state index contributed by atoms with van der Waals surface area (Å²) in [6, 6.07) is 3.02. The Morgan fingerprint density at radius 1 is 1.44 bits per heavy atom. The van der Waals surface area contributed by atoms with Crippen molar-refractivity contribution in [3.63, 3.8) is 0 Å². The van der Waals surface area contributed by atoms with Gasteiger partial charge in [0.1, 0.15) is 4.90 Å². The smallest absolute Gasteiger partial charge is 0.242 e. The average molecular weight is 272 g/mol. The van der Waals surface area contributed by atoms with Crippen molar-refractivity contribution in [2.45, 2.75) is 38.2 Å². The highest BCUT2D eigenvalue weighted by molar-refractivity contribution is 7.89. The van der Waals surface area contributed by atoms with Crippen molar-refractivity contribution in [2.75, 3.05) is 6.54 Å². The van der Waals surface area contributed by atoms with Gasteiger partial charge in [0, 0.05) is 18.9 Å². The summed E-state index contributed by atoms with van der Waals surface area (Å²) in [6.07, 6.45) is 2.62. The molecule has 5 nitrogen and oxygen atoms in total. The molecule has 102 valence electrons. The van der Waals surface area contributed by atoms with E-state index < -0.39 is 16.1 Å². The molecule has 0 aromatic carbocycles. The summed E-state index contributed by atoms with van der Waals surface area (Å²) >= 11 is 0. The molecule has 1 aromatic rings. The molecule has 1 unspecified atom stereocenters. The van der Waals surface area contributed by atoms with E-state index in [-0.39, 0.29) is 16.9 Å². The first-order valence-electron chi connectivity index (χ1n) is 5.78. The predicted molar refractivity (Wildman–Crippen MR) is 69.5 cm³/mol. The first kappa shape index (κ1) is 15.1. The SMILES string of the molecule is CC(C)(C)CC(O)CNS(=O)(=O)c1cccnc1. The molecule has 0 aliphatic heterocycles. The van der Waals surface area contributed by atoms with Crippen molar-refractivity contribution in [1.82, 2.24) is 9.71 Å². The van der Waals surface area contributed by atoms with Crippen LogP contribution in [0.3, 0.4) is 0 Å². The van der Waals surface area contributed by atoms with Gasteiger partial charge in [-0.3, -0.25) is 4.98 Å². The second-order valence-corrected chi connectivity index (χ2v) is 7.23. The number of pyridine rings is 1. The van der Waals surface area contributed by atoms with Crippen LogP contribution in [0.4, 0.5) is 0 Å². The standard InChI is InChI=1S/C12H20N2O3S/c1-12(2,3)7-10(15)8-14-18(16,17)11-5-4-6-13-9-11/h4-6,9-10,14-15H,7-8H2,1-3H3. The van der Waals surface area contributed by atoms with E-state index in [1.807, 2.05) is 20.8 Å². The molecule has 1 atom stereocenters. The number of aliphatic hydroxyl groups excluding tert-OH is 1. The van der Waals surface area contributed by atoms with E-state index >= 15 is 0 Å². The van der Waals surface area contributed by atoms with E-state index in [9.17, 15) is 13.5 Å². The Morgan fingerprint density at radius 2 is 2.11 bits per heavy atom. The Hall–Kier alpha value is -0.980. The topological polar surface area (TPSA) is 79.3 Å². The maximum absolute atomic E-state index is 11.8. The minimum absolute atomic E-state index is 0.00843. The molecule has 18 heavy (non-hydrogen) atoms. The lowest BCUT2D eigenvalue weighted by Gasteiger charge is -2.22. The molecular weight excluding hydrogens is 252 g/mol. The molecule has 0 aliphatic carbocycles. The molecule has 0 saturated heterocycles. The number of hydrogen-bond donors (Lipinski definition) is 2. The van der Waals surface area contributed by atoms with E-state index in [4.69, 9.17) is 0 Å². The monoisotopic (exact) mass is 272 g/mol. The van der Waals surface area contributed by atoms with E-state index in [2.05, 4.69) is 9.71 Å². The Kier molecular flexibility index (Phi) is 4.84. The van der Waals surface area contributed by atoms with Crippen molar-refractivity contribution in [3.05, 3.63) is 24.5 Å². The first-order chi connectivity index (χ1) is 8.21. The predicted octanol–water partition coefficient (Wildman–Crippen LogP) is 1.16. The van der Waals surface area contributed by atoms with E-state index in [0.29, 0.717) is 6.42 Å². The van der Waals surface area contributed by atoms with Gasteiger partial charge in [0.25, 0.3) is 0 Å². The zero-order valence-corrected chi connectivity index (χ0v) is 11.7. The Morgan fingerprint density at radius 3 is 2.61 bits per heavy atom. The molecule has 2 N–H and O–H groups in total. The van der Waals surface area contributed by atoms with Crippen LogP contribution in [-0.2, 0) is 10.0 Å². The van der Waals surface area contributed by atoms with Gasteiger partial charge in [0.2, 0.25) is 10.0 Å². The highest BCUT2D eigenvalue weighted by Gasteiger charge is 2.20. The quantitative estimate of drug-likeness (QED) is 0.843. The minimum Gasteiger partial charge on any atom is -0.392 e. The molecule has 0 spiro atoms. The van der Waals surface area contributed by atoms with Crippen molar-refractivity contribution in [2.24, 2.45) is 5.41 Å². The van der Waals surface area contributed by atoms with Gasteiger partial charge in [-0.15, -0.1) is 0 Å². The highest BCUT2D eigenvalue weighted by Crippen LogP contribution is 2.20. The third-order valence-corrected chi connectivity index (χ3v) is 3.71. The van der Waals surface area contributed by atoms with Gasteiger partial charge in [0.15, 0.2) is 0 Å². The van der Waals surface area contributed by atoms with Gasteiger partial charge in [-0.1, -0.05) is 20.8 Å². The van der Waals surface area contributed by atoms with Crippen LogP contribution in [0, 0.1) is 5.41 Å². The van der Waals surface area contributed by atoms with E-state index in [0.717, 1.165) is 0 Å². The number of aliphatic hydroxyl groups is 1. The molecule has 1 heterocycles. The number of nitrogens with zero attached hydrogens (tertiary/aromatic N) is 1. The number of sulfonamides is 1. The van der Waals surface area contributed by atoms with Crippen LogP contribution >= 0.6 is 0 Å². The van der Waals surface area contributed by atoms with Gasteiger partial charge in [-0.25, -0.2) is 13.1 Å². The first-order valence-corrected chi connectivity index (χ1v) is 7.27. The van der Waals surface area contributed by atoms with Crippen molar-refractivity contribution >= 4 is 10.0 Å². The lowest BCUT2D eigenvalue weighted by molar-refractivity contribution is 0.125. The van der Waals surface area contributed by atoms with Gasteiger partial charge in [-0.05, 0) is 24.0 Å². The van der Waals surface area contributed by atoms with Gasteiger partial charge in [0.05, 0.1) is 6.10 Å². The Bertz CT molecular complexity index is 466. The molecule has 1 rings (SSSR count). The van der Waals surface area contributed by atoms with Gasteiger partial charge < -0.3 is 5.11 Å². The summed E-state index contributed by atoms with van der Waals surface area (Å²) in [6.45, 7) is 5.98. The molecule has 0 radical (unpaired) electrons. The molecular formula is C12H20N2O3S.